The van der Waals surface area contributed by atoms with Gasteiger partial charge in [-0.15, -0.1) is 0 Å². The van der Waals surface area contributed by atoms with Crippen LogP contribution in [0.1, 0.15) is 6.92 Å². The van der Waals surface area contributed by atoms with E-state index >= 15 is 0 Å². The molecule has 0 aliphatic carbocycles. The molecule has 0 saturated carbocycles. The van der Waals surface area contributed by atoms with Crippen molar-refractivity contribution in [3.05, 3.63) is 17.5 Å². The van der Waals surface area contributed by atoms with Crippen LogP contribution in [-0.2, 0) is 9.68 Å². The third kappa shape index (κ3) is 5.25. The van der Waals surface area contributed by atoms with E-state index in [4.69, 9.17) is 0 Å². The summed E-state index contributed by atoms with van der Waals surface area (Å²) in [6.45, 7) is 4.95. The van der Waals surface area contributed by atoms with E-state index in [0.717, 1.165) is 0 Å². The lowest BCUT2D eigenvalue weighted by molar-refractivity contribution is -0.211. The summed E-state index contributed by atoms with van der Waals surface area (Å²) in [6, 6.07) is 0. The SMILES string of the molecule is C=C(C)ONN([O-])OC. The highest BCUT2D eigenvalue weighted by Crippen LogP contribution is 1.85. The van der Waals surface area contributed by atoms with Crippen molar-refractivity contribution in [2.45, 2.75) is 6.92 Å². The average molecular weight is 133 g/mol. The van der Waals surface area contributed by atoms with Gasteiger partial charge in [-0.3, -0.25) is 4.84 Å². The number of rotatable bonds is 4. The molecular formula is C4H9N2O3-. The van der Waals surface area contributed by atoms with E-state index in [1.165, 1.54) is 7.11 Å². The number of hydrogen-bond acceptors (Lipinski definition) is 5. The standard InChI is InChI=1S/C4H9N2O3/c1-4(2)9-5-6(7)8-3/h5H,1H2,2-3H3/q-1. The van der Waals surface area contributed by atoms with Crippen LogP contribution in [0, 0.1) is 5.21 Å². The number of hydrazine groups is 1. The van der Waals surface area contributed by atoms with E-state index < -0.39 is 0 Å². The van der Waals surface area contributed by atoms with Gasteiger partial charge in [-0.25, -0.2) is 0 Å². The van der Waals surface area contributed by atoms with E-state index in [1.807, 2.05) is 5.59 Å². The van der Waals surface area contributed by atoms with Gasteiger partial charge in [0.1, 0.15) is 5.76 Å². The summed E-state index contributed by atoms with van der Waals surface area (Å²) in [5.41, 5.74) is 1.89. The van der Waals surface area contributed by atoms with Crippen LogP contribution in [0.3, 0.4) is 0 Å². The van der Waals surface area contributed by atoms with Crippen molar-refractivity contribution in [1.29, 1.82) is 0 Å². The van der Waals surface area contributed by atoms with Crippen LogP contribution in [-0.4, -0.2) is 12.4 Å². The van der Waals surface area contributed by atoms with Crippen molar-refractivity contribution in [3.63, 3.8) is 0 Å². The zero-order valence-electron chi connectivity index (χ0n) is 5.38. The predicted octanol–water partition coefficient (Wildman–Crippen LogP) is 0.317. The summed E-state index contributed by atoms with van der Waals surface area (Å²) >= 11 is 0. The van der Waals surface area contributed by atoms with Gasteiger partial charge in [0.15, 0.2) is 0 Å². The Morgan fingerprint density at radius 3 is 2.67 bits per heavy atom. The summed E-state index contributed by atoms with van der Waals surface area (Å²) in [5, 5.41) is 10.2. The Labute approximate surface area is 53.3 Å². The van der Waals surface area contributed by atoms with Crippen LogP contribution >= 0.6 is 0 Å². The van der Waals surface area contributed by atoms with E-state index in [-0.39, 0.29) is 5.34 Å². The van der Waals surface area contributed by atoms with Gasteiger partial charge in [-0.2, -0.15) is 5.34 Å². The van der Waals surface area contributed by atoms with Crippen molar-refractivity contribution in [3.8, 4) is 0 Å². The highest BCUT2D eigenvalue weighted by Gasteiger charge is 1.84. The first kappa shape index (κ1) is 8.38. The highest BCUT2D eigenvalue weighted by atomic mass is 17.0. The molecule has 0 atom stereocenters. The molecule has 0 aliphatic rings. The zero-order valence-corrected chi connectivity index (χ0v) is 5.38. The smallest absolute Gasteiger partial charge is 0.115 e. The lowest BCUT2D eigenvalue weighted by Crippen LogP contribution is -2.31. The molecule has 54 valence electrons. The van der Waals surface area contributed by atoms with Gasteiger partial charge in [-0.1, -0.05) is 12.2 Å². The minimum Gasteiger partial charge on any atom is -0.745 e. The molecule has 0 spiro atoms. The summed E-state index contributed by atoms with van der Waals surface area (Å²) < 4.78 is 0. The maximum atomic E-state index is 10.1. The maximum Gasteiger partial charge on any atom is 0.115 e. The van der Waals surface area contributed by atoms with Crippen LogP contribution in [0.25, 0.3) is 0 Å². The second-order valence-corrected chi connectivity index (χ2v) is 1.34. The highest BCUT2D eigenvalue weighted by molar-refractivity contribution is 4.71. The van der Waals surface area contributed by atoms with E-state index in [9.17, 15) is 5.21 Å². The van der Waals surface area contributed by atoms with E-state index in [1.54, 1.807) is 6.92 Å². The number of nitrogens with zero attached hydrogens (tertiary/aromatic N) is 1. The lowest BCUT2D eigenvalue weighted by Gasteiger charge is -2.23. The molecule has 5 heteroatoms. The number of nitrogens with one attached hydrogen (secondary N) is 1. The van der Waals surface area contributed by atoms with Gasteiger partial charge in [0.05, 0.1) is 7.11 Å². The molecule has 0 aromatic rings. The van der Waals surface area contributed by atoms with Gasteiger partial charge in [0, 0.05) is 0 Å². The molecule has 0 unspecified atom stereocenters. The molecule has 0 aromatic carbocycles. The van der Waals surface area contributed by atoms with Gasteiger partial charge in [-0.05, 0) is 6.92 Å². The normalized spacial score (nSPS) is 9.78. The third-order valence-corrected chi connectivity index (χ3v) is 0.460. The second kappa shape index (κ2) is 4.28. The molecule has 0 saturated heterocycles. The maximum absolute atomic E-state index is 10.1. The Morgan fingerprint density at radius 2 is 2.33 bits per heavy atom. The fourth-order valence-corrected chi connectivity index (χ4v) is 0.152. The molecule has 0 aromatic heterocycles. The van der Waals surface area contributed by atoms with Crippen molar-refractivity contribution >= 4 is 0 Å². The fourth-order valence-electron chi connectivity index (χ4n) is 0.152. The Balaban J connectivity index is 3.16. The second-order valence-electron chi connectivity index (χ2n) is 1.34. The van der Waals surface area contributed by atoms with Crippen molar-refractivity contribution in [2.24, 2.45) is 0 Å². The fraction of sp³-hybridized carbons (Fsp3) is 0.500. The Hall–Kier alpha value is -0.620. The first-order valence-corrected chi connectivity index (χ1v) is 2.26. The van der Waals surface area contributed by atoms with Crippen LogP contribution < -0.4 is 5.59 Å². The molecule has 0 bridgehead atoms. The van der Waals surface area contributed by atoms with Crippen LogP contribution in [0.5, 0.6) is 0 Å². The quantitative estimate of drug-likeness (QED) is 0.442. The molecule has 0 fully saturated rings. The summed E-state index contributed by atoms with van der Waals surface area (Å²) in [7, 11) is 1.21. The van der Waals surface area contributed by atoms with E-state index in [0.29, 0.717) is 5.76 Å². The molecule has 5 nitrogen and oxygen atoms in total. The third-order valence-electron chi connectivity index (χ3n) is 0.460. The largest absolute Gasteiger partial charge is 0.745 e. The number of hydrogen-bond donors (Lipinski definition) is 1. The first-order chi connectivity index (χ1) is 4.16. The molecule has 0 rings (SSSR count). The van der Waals surface area contributed by atoms with Gasteiger partial charge in [0.25, 0.3) is 0 Å². The van der Waals surface area contributed by atoms with E-state index in [2.05, 4.69) is 16.3 Å². The summed E-state index contributed by atoms with van der Waals surface area (Å²) in [6.07, 6.45) is 0. The number of allylic oxidation sites excluding steroid dienone is 1. The minimum atomic E-state index is 0.0642. The molecule has 0 amide bonds. The van der Waals surface area contributed by atoms with Crippen molar-refractivity contribution in [2.75, 3.05) is 7.11 Å². The van der Waals surface area contributed by atoms with Gasteiger partial charge in [0.2, 0.25) is 0 Å². The molecule has 1 N–H and O–H groups in total. The lowest BCUT2D eigenvalue weighted by atomic mass is 10.7. The van der Waals surface area contributed by atoms with Crippen LogP contribution in [0.15, 0.2) is 12.3 Å². The van der Waals surface area contributed by atoms with Gasteiger partial charge >= 0.3 is 0 Å². The Kier molecular flexibility index (Phi) is 3.98. The van der Waals surface area contributed by atoms with Crippen LogP contribution in [0.2, 0.25) is 0 Å². The molecule has 0 aliphatic heterocycles. The van der Waals surface area contributed by atoms with Crippen LogP contribution in [0.4, 0.5) is 0 Å². The van der Waals surface area contributed by atoms with Crippen molar-refractivity contribution in [1.82, 2.24) is 10.9 Å². The zero-order chi connectivity index (χ0) is 7.28. The van der Waals surface area contributed by atoms with Crippen molar-refractivity contribution < 1.29 is 9.68 Å². The Morgan fingerprint density at radius 1 is 1.78 bits per heavy atom. The summed E-state index contributed by atoms with van der Waals surface area (Å²) in [4.78, 5) is 8.54. The molecule has 0 radical (unpaired) electrons. The summed E-state index contributed by atoms with van der Waals surface area (Å²) in [5.74, 6) is 0.382. The topological polar surface area (TPSA) is 56.8 Å². The predicted molar refractivity (Wildman–Crippen MR) is 31.2 cm³/mol. The monoisotopic (exact) mass is 133 g/mol. The molecule has 9 heavy (non-hydrogen) atoms. The van der Waals surface area contributed by atoms with Gasteiger partial charge < -0.3 is 10.0 Å². The molecular weight excluding hydrogens is 124 g/mol. The Bertz CT molecular complexity index is 95.8. The molecule has 0 heterocycles. The minimum absolute atomic E-state index is 0.0642. The average Bonchev–Trinajstić information content (AvgIpc) is 1.83. The first-order valence-electron chi connectivity index (χ1n) is 2.26.